The first-order valence-corrected chi connectivity index (χ1v) is 4.44. The third-order valence-corrected chi connectivity index (χ3v) is 3.03. The van der Waals surface area contributed by atoms with Gasteiger partial charge in [0.05, 0.1) is 11.5 Å². The van der Waals surface area contributed by atoms with Crippen molar-refractivity contribution in [2.75, 3.05) is 7.11 Å². The second kappa shape index (κ2) is 3.44. The van der Waals surface area contributed by atoms with Crippen molar-refractivity contribution in [3.05, 3.63) is 0 Å². The average Bonchev–Trinajstić information content (AvgIpc) is 2.48. The molecule has 1 aliphatic carbocycles. The summed E-state index contributed by atoms with van der Waals surface area (Å²) in [6.07, 6.45) is 3.41. The van der Waals surface area contributed by atoms with Gasteiger partial charge in [-0.2, -0.15) is 0 Å². The molecule has 0 radical (unpaired) electrons. The van der Waals surface area contributed by atoms with Crippen LogP contribution in [0, 0.1) is 5.92 Å². The monoisotopic (exact) mass is 172 g/mol. The van der Waals surface area contributed by atoms with E-state index < -0.39 is 5.97 Å². The van der Waals surface area contributed by atoms with Crippen LogP contribution in [0.15, 0.2) is 0 Å². The van der Waals surface area contributed by atoms with Crippen molar-refractivity contribution in [3.63, 3.8) is 0 Å². The summed E-state index contributed by atoms with van der Waals surface area (Å²) < 4.78 is 5.34. The molecule has 0 aromatic carbocycles. The Kier molecular flexibility index (Phi) is 2.73. The molecule has 70 valence electrons. The molecular formula is C9H16O3. The van der Waals surface area contributed by atoms with E-state index in [0.717, 1.165) is 25.7 Å². The molecule has 12 heavy (non-hydrogen) atoms. The normalized spacial score (nSPS) is 35.3. The lowest BCUT2D eigenvalue weighted by Crippen LogP contribution is -2.39. The van der Waals surface area contributed by atoms with Crippen molar-refractivity contribution in [1.82, 2.24) is 0 Å². The minimum atomic E-state index is -0.712. The molecule has 0 aliphatic heterocycles. The second-order valence-electron chi connectivity index (χ2n) is 3.41. The van der Waals surface area contributed by atoms with Crippen LogP contribution in [0.1, 0.15) is 32.6 Å². The maximum atomic E-state index is 10.9. The molecule has 1 fully saturated rings. The number of hydrogen-bond donors (Lipinski definition) is 1. The number of carboxylic acids is 1. The van der Waals surface area contributed by atoms with Gasteiger partial charge in [-0.25, -0.2) is 0 Å². The fourth-order valence-corrected chi connectivity index (χ4v) is 2.20. The van der Waals surface area contributed by atoms with E-state index in [2.05, 4.69) is 0 Å². The molecule has 1 aliphatic rings. The summed E-state index contributed by atoms with van der Waals surface area (Å²) in [4.78, 5) is 10.9. The maximum Gasteiger partial charge on any atom is 0.309 e. The van der Waals surface area contributed by atoms with Gasteiger partial charge in [-0.1, -0.05) is 6.92 Å². The van der Waals surface area contributed by atoms with Crippen LogP contribution in [0.5, 0.6) is 0 Å². The van der Waals surface area contributed by atoms with Crippen LogP contribution < -0.4 is 0 Å². The molecule has 0 amide bonds. The molecule has 0 saturated heterocycles. The topological polar surface area (TPSA) is 46.5 Å². The van der Waals surface area contributed by atoms with Gasteiger partial charge in [0, 0.05) is 7.11 Å². The van der Waals surface area contributed by atoms with Crippen molar-refractivity contribution < 1.29 is 14.6 Å². The Labute approximate surface area is 72.7 Å². The van der Waals surface area contributed by atoms with Gasteiger partial charge in [0.2, 0.25) is 0 Å². The van der Waals surface area contributed by atoms with Gasteiger partial charge < -0.3 is 9.84 Å². The zero-order valence-corrected chi connectivity index (χ0v) is 7.67. The number of carboxylic acid groups (broad SMARTS) is 1. The molecule has 3 nitrogen and oxygen atoms in total. The molecule has 0 aromatic heterocycles. The van der Waals surface area contributed by atoms with E-state index in [1.807, 2.05) is 6.92 Å². The summed E-state index contributed by atoms with van der Waals surface area (Å²) in [5.74, 6) is -1.01. The first kappa shape index (κ1) is 9.52. The van der Waals surface area contributed by atoms with E-state index in [4.69, 9.17) is 9.84 Å². The lowest BCUT2D eigenvalue weighted by Gasteiger charge is -2.30. The molecule has 0 aromatic rings. The van der Waals surface area contributed by atoms with Gasteiger partial charge in [0.25, 0.3) is 0 Å². The molecule has 1 N–H and O–H groups in total. The Balaban J connectivity index is 2.78. The van der Waals surface area contributed by atoms with Crippen LogP contribution in [0.4, 0.5) is 0 Å². The van der Waals surface area contributed by atoms with Crippen molar-refractivity contribution >= 4 is 5.97 Å². The van der Waals surface area contributed by atoms with E-state index >= 15 is 0 Å². The maximum absolute atomic E-state index is 10.9. The lowest BCUT2D eigenvalue weighted by molar-refractivity contribution is -0.152. The highest BCUT2D eigenvalue weighted by Crippen LogP contribution is 2.40. The first-order chi connectivity index (χ1) is 5.66. The molecule has 3 heteroatoms. The van der Waals surface area contributed by atoms with Crippen molar-refractivity contribution in [2.24, 2.45) is 5.92 Å². The summed E-state index contributed by atoms with van der Waals surface area (Å²) >= 11 is 0. The van der Waals surface area contributed by atoms with Gasteiger partial charge in [-0.05, 0) is 25.7 Å². The minimum absolute atomic E-state index is 0.299. The summed E-state index contributed by atoms with van der Waals surface area (Å²) in [6.45, 7) is 1.99. The van der Waals surface area contributed by atoms with Gasteiger partial charge in [0.15, 0.2) is 0 Å². The number of methoxy groups -OCH3 is 1. The molecule has 1 rings (SSSR count). The summed E-state index contributed by atoms with van der Waals surface area (Å²) in [6, 6.07) is 0. The van der Waals surface area contributed by atoms with Crippen LogP contribution >= 0.6 is 0 Å². The summed E-state index contributed by atoms with van der Waals surface area (Å²) in [5.41, 5.74) is -0.383. The molecule has 2 unspecified atom stereocenters. The fourth-order valence-electron chi connectivity index (χ4n) is 2.20. The molecular weight excluding hydrogens is 156 g/mol. The number of carbonyl (C=O) groups is 1. The number of rotatable bonds is 3. The Hall–Kier alpha value is -0.570. The number of hydrogen-bond acceptors (Lipinski definition) is 2. The van der Waals surface area contributed by atoms with Crippen LogP contribution in [-0.4, -0.2) is 23.8 Å². The minimum Gasteiger partial charge on any atom is -0.481 e. The van der Waals surface area contributed by atoms with Crippen LogP contribution in [0.25, 0.3) is 0 Å². The largest absolute Gasteiger partial charge is 0.481 e. The average molecular weight is 172 g/mol. The fraction of sp³-hybridized carbons (Fsp3) is 0.889. The first-order valence-electron chi connectivity index (χ1n) is 4.44. The smallest absolute Gasteiger partial charge is 0.309 e. The Morgan fingerprint density at radius 1 is 1.75 bits per heavy atom. The number of aliphatic carboxylic acids is 1. The third kappa shape index (κ3) is 1.33. The van der Waals surface area contributed by atoms with Crippen LogP contribution in [-0.2, 0) is 9.53 Å². The highest BCUT2D eigenvalue weighted by Gasteiger charge is 2.45. The van der Waals surface area contributed by atoms with Gasteiger partial charge in [-0.3, -0.25) is 4.79 Å². The van der Waals surface area contributed by atoms with Gasteiger partial charge in [0.1, 0.15) is 0 Å². The standard InChI is InChI=1S/C9H16O3/c1-3-9(12-2)6-4-5-7(9)8(10)11/h7H,3-6H2,1-2H3,(H,10,11). The van der Waals surface area contributed by atoms with Crippen molar-refractivity contribution in [2.45, 2.75) is 38.2 Å². The zero-order valence-electron chi connectivity index (χ0n) is 7.67. The van der Waals surface area contributed by atoms with E-state index in [1.165, 1.54) is 0 Å². The Morgan fingerprint density at radius 3 is 2.75 bits per heavy atom. The van der Waals surface area contributed by atoms with Crippen molar-refractivity contribution in [3.8, 4) is 0 Å². The van der Waals surface area contributed by atoms with Gasteiger partial charge >= 0.3 is 5.97 Å². The lowest BCUT2D eigenvalue weighted by atomic mass is 9.88. The molecule has 1 saturated carbocycles. The molecule has 0 bridgehead atoms. The van der Waals surface area contributed by atoms with E-state index in [1.54, 1.807) is 7.11 Å². The quantitative estimate of drug-likeness (QED) is 0.704. The summed E-state index contributed by atoms with van der Waals surface area (Å²) in [7, 11) is 1.62. The van der Waals surface area contributed by atoms with E-state index in [-0.39, 0.29) is 11.5 Å². The van der Waals surface area contributed by atoms with E-state index in [9.17, 15) is 4.79 Å². The molecule has 0 spiro atoms. The van der Waals surface area contributed by atoms with Crippen LogP contribution in [0.3, 0.4) is 0 Å². The van der Waals surface area contributed by atoms with Gasteiger partial charge in [-0.15, -0.1) is 0 Å². The van der Waals surface area contributed by atoms with E-state index in [0.29, 0.717) is 0 Å². The number of ether oxygens (including phenoxy) is 1. The van der Waals surface area contributed by atoms with Crippen LogP contribution in [0.2, 0.25) is 0 Å². The van der Waals surface area contributed by atoms with Crippen molar-refractivity contribution in [1.29, 1.82) is 0 Å². The summed E-state index contributed by atoms with van der Waals surface area (Å²) in [5, 5.41) is 8.93. The highest BCUT2D eigenvalue weighted by molar-refractivity contribution is 5.72. The Morgan fingerprint density at radius 2 is 2.42 bits per heavy atom. The zero-order chi connectivity index (χ0) is 9.19. The Bertz CT molecular complexity index is 173. The highest BCUT2D eigenvalue weighted by atomic mass is 16.5. The second-order valence-corrected chi connectivity index (χ2v) is 3.41. The predicted octanol–water partition coefficient (Wildman–Crippen LogP) is 1.67. The third-order valence-electron chi connectivity index (χ3n) is 3.03. The SMILES string of the molecule is CCC1(OC)CCCC1C(=O)O. The molecule has 0 heterocycles. The molecule has 2 atom stereocenters. The predicted molar refractivity (Wildman–Crippen MR) is 45.0 cm³/mol.